The molecule has 1 aliphatic heterocycles. The van der Waals surface area contributed by atoms with Crippen LogP contribution in [0.5, 0.6) is 11.5 Å². The van der Waals surface area contributed by atoms with Crippen molar-refractivity contribution < 1.29 is 23.8 Å². The van der Waals surface area contributed by atoms with Crippen LogP contribution in [0.15, 0.2) is 48.5 Å². The summed E-state index contributed by atoms with van der Waals surface area (Å²) in [7, 11) is 1.31. The highest BCUT2D eigenvalue weighted by Crippen LogP contribution is 2.37. The number of nitrogens with one attached hydrogen (secondary N) is 1. The molecule has 31 heavy (non-hydrogen) atoms. The molecule has 0 bridgehead atoms. The maximum atomic E-state index is 12.2. The Hall–Kier alpha value is -3.02. The lowest BCUT2D eigenvalue weighted by Gasteiger charge is -2.29. The minimum absolute atomic E-state index is 0.0728. The minimum Gasteiger partial charge on any atom is -0.490 e. The van der Waals surface area contributed by atoms with Crippen molar-refractivity contribution in [3.05, 3.63) is 59.7 Å². The summed E-state index contributed by atoms with van der Waals surface area (Å²) in [5, 5.41) is 2.65. The Morgan fingerprint density at radius 2 is 1.81 bits per heavy atom. The Balaban J connectivity index is 1.28. The molecule has 1 fully saturated rings. The summed E-state index contributed by atoms with van der Waals surface area (Å²) in [6, 6.07) is 16.4. The van der Waals surface area contributed by atoms with Crippen molar-refractivity contribution in [2.75, 3.05) is 13.7 Å². The first-order chi connectivity index (χ1) is 15.1. The monoisotopic (exact) mass is 423 g/mol. The average molecular weight is 424 g/mol. The van der Waals surface area contributed by atoms with E-state index in [1.165, 1.54) is 18.2 Å². The van der Waals surface area contributed by atoms with Crippen LogP contribution >= 0.6 is 0 Å². The Morgan fingerprint density at radius 3 is 2.55 bits per heavy atom. The van der Waals surface area contributed by atoms with E-state index in [2.05, 4.69) is 28.3 Å². The lowest BCUT2D eigenvalue weighted by molar-refractivity contribution is -0.141. The summed E-state index contributed by atoms with van der Waals surface area (Å²) in [6.45, 7) is -0.0753. The van der Waals surface area contributed by atoms with Crippen molar-refractivity contribution in [2.45, 2.75) is 50.7 Å². The Kier molecular flexibility index (Phi) is 6.75. The zero-order chi connectivity index (χ0) is 21.6. The molecule has 1 atom stereocenters. The van der Waals surface area contributed by atoms with Crippen molar-refractivity contribution in [1.82, 2.24) is 5.32 Å². The molecule has 0 spiro atoms. The zero-order valence-electron chi connectivity index (χ0n) is 17.8. The number of amides is 1. The van der Waals surface area contributed by atoms with E-state index < -0.39 is 5.97 Å². The molecule has 1 unspecified atom stereocenters. The van der Waals surface area contributed by atoms with Gasteiger partial charge in [0.25, 0.3) is 0 Å². The number of carbonyl (C=O) groups excluding carboxylic acids is 2. The van der Waals surface area contributed by atoms with Crippen LogP contribution in [0.3, 0.4) is 0 Å². The second kappa shape index (κ2) is 9.86. The fourth-order valence-electron chi connectivity index (χ4n) is 4.35. The van der Waals surface area contributed by atoms with Gasteiger partial charge in [-0.3, -0.25) is 9.59 Å². The van der Waals surface area contributed by atoms with E-state index in [-0.39, 0.29) is 30.6 Å². The summed E-state index contributed by atoms with van der Waals surface area (Å²) in [6.07, 6.45) is 5.26. The van der Waals surface area contributed by atoms with Crippen molar-refractivity contribution in [2.24, 2.45) is 5.92 Å². The van der Waals surface area contributed by atoms with Crippen LogP contribution in [-0.4, -0.2) is 31.6 Å². The molecule has 1 saturated carbocycles. The molecule has 4 rings (SSSR count). The van der Waals surface area contributed by atoms with Gasteiger partial charge in [-0.1, -0.05) is 30.3 Å². The maximum absolute atomic E-state index is 12.2. The van der Waals surface area contributed by atoms with Crippen molar-refractivity contribution in [3.8, 4) is 11.5 Å². The molecular formula is C25H29NO5. The lowest BCUT2D eigenvalue weighted by Crippen LogP contribution is -2.38. The molecule has 0 radical (unpaired) electrons. The van der Waals surface area contributed by atoms with E-state index in [1.807, 2.05) is 30.3 Å². The lowest BCUT2D eigenvalue weighted by atomic mass is 9.86. The van der Waals surface area contributed by atoms with Crippen LogP contribution in [0.2, 0.25) is 0 Å². The van der Waals surface area contributed by atoms with E-state index in [4.69, 9.17) is 9.47 Å². The standard InChI is InChI=1S/C25H29NO5/c1-29-24(27)16-26-25(28)18-7-10-20(11-8-18)30-21-12-14-23-19(15-21)9-13-22(31-23)17-5-3-2-4-6-17/h2-6,12,14-15,18,20,22H,7-11,13,16H2,1H3,(H,26,28). The van der Waals surface area contributed by atoms with Crippen LogP contribution in [0.25, 0.3) is 0 Å². The summed E-state index contributed by atoms with van der Waals surface area (Å²) >= 11 is 0. The smallest absolute Gasteiger partial charge is 0.325 e. The molecule has 1 amide bonds. The van der Waals surface area contributed by atoms with Gasteiger partial charge in [0.2, 0.25) is 5.91 Å². The number of carbonyl (C=O) groups is 2. The van der Waals surface area contributed by atoms with Gasteiger partial charge in [-0.15, -0.1) is 0 Å². The third-order valence-electron chi connectivity index (χ3n) is 6.13. The molecule has 6 heteroatoms. The Morgan fingerprint density at radius 1 is 1.03 bits per heavy atom. The van der Waals surface area contributed by atoms with Crippen molar-refractivity contribution in [3.63, 3.8) is 0 Å². The normalized spacial score (nSPS) is 22.5. The van der Waals surface area contributed by atoms with E-state index in [0.29, 0.717) is 0 Å². The maximum Gasteiger partial charge on any atom is 0.325 e. The van der Waals surface area contributed by atoms with Gasteiger partial charge >= 0.3 is 5.97 Å². The fourth-order valence-corrected chi connectivity index (χ4v) is 4.35. The van der Waals surface area contributed by atoms with Crippen molar-refractivity contribution in [1.29, 1.82) is 0 Å². The number of benzene rings is 2. The first kappa shape index (κ1) is 21.2. The Labute approximate surface area is 182 Å². The largest absolute Gasteiger partial charge is 0.490 e. The van der Waals surface area contributed by atoms with Gasteiger partial charge < -0.3 is 19.5 Å². The second-order valence-electron chi connectivity index (χ2n) is 8.21. The SMILES string of the molecule is COC(=O)CNC(=O)C1CCC(Oc2ccc3c(c2)CCC(c2ccccc2)O3)CC1. The highest BCUT2D eigenvalue weighted by molar-refractivity contribution is 5.83. The summed E-state index contributed by atoms with van der Waals surface area (Å²) < 4.78 is 17.0. The molecule has 0 aromatic heterocycles. The summed E-state index contributed by atoms with van der Waals surface area (Å²) in [5.74, 6) is 1.20. The van der Waals surface area contributed by atoms with Gasteiger partial charge in [0, 0.05) is 5.92 Å². The van der Waals surface area contributed by atoms with Gasteiger partial charge in [-0.2, -0.15) is 0 Å². The number of ether oxygens (including phenoxy) is 3. The van der Waals surface area contributed by atoms with Crippen LogP contribution in [0, 0.1) is 5.92 Å². The molecular weight excluding hydrogens is 394 g/mol. The first-order valence-corrected chi connectivity index (χ1v) is 11.0. The third-order valence-corrected chi connectivity index (χ3v) is 6.13. The molecule has 1 N–H and O–H groups in total. The summed E-state index contributed by atoms with van der Waals surface area (Å²) in [4.78, 5) is 23.4. The molecule has 2 aromatic carbocycles. The number of rotatable bonds is 6. The molecule has 1 heterocycles. The average Bonchev–Trinajstić information content (AvgIpc) is 2.83. The Bertz CT molecular complexity index is 905. The number of aryl methyl sites for hydroxylation is 1. The van der Waals surface area contributed by atoms with E-state index in [1.54, 1.807) is 0 Å². The van der Waals surface area contributed by atoms with Gasteiger partial charge in [0.05, 0.1) is 13.2 Å². The molecule has 6 nitrogen and oxygen atoms in total. The van der Waals surface area contributed by atoms with Crippen LogP contribution in [0.1, 0.15) is 49.3 Å². The van der Waals surface area contributed by atoms with Crippen molar-refractivity contribution >= 4 is 11.9 Å². The van der Waals surface area contributed by atoms with E-state index >= 15 is 0 Å². The molecule has 1 aliphatic carbocycles. The van der Waals surface area contributed by atoms with E-state index in [0.717, 1.165) is 50.0 Å². The predicted octanol–water partition coefficient (Wildman–Crippen LogP) is 3.98. The van der Waals surface area contributed by atoms with Crippen LogP contribution < -0.4 is 14.8 Å². The molecule has 164 valence electrons. The number of hydrogen-bond acceptors (Lipinski definition) is 5. The third kappa shape index (κ3) is 5.37. The summed E-state index contributed by atoms with van der Waals surface area (Å²) in [5.41, 5.74) is 2.39. The first-order valence-electron chi connectivity index (χ1n) is 11.0. The molecule has 2 aliphatic rings. The highest BCUT2D eigenvalue weighted by atomic mass is 16.5. The number of methoxy groups -OCH3 is 1. The predicted molar refractivity (Wildman–Crippen MR) is 116 cm³/mol. The number of esters is 1. The minimum atomic E-state index is -0.433. The van der Waals surface area contributed by atoms with Gasteiger partial charge in [0.15, 0.2) is 0 Å². The van der Waals surface area contributed by atoms with Crippen LogP contribution in [0.4, 0.5) is 0 Å². The van der Waals surface area contributed by atoms with Gasteiger partial charge in [-0.05, 0) is 67.9 Å². The fraction of sp³-hybridized carbons (Fsp3) is 0.440. The molecule has 0 saturated heterocycles. The van der Waals surface area contributed by atoms with Gasteiger partial charge in [-0.25, -0.2) is 0 Å². The topological polar surface area (TPSA) is 73.9 Å². The zero-order valence-corrected chi connectivity index (χ0v) is 17.8. The number of fused-ring (bicyclic) bond motifs is 1. The van der Waals surface area contributed by atoms with Crippen LogP contribution in [-0.2, 0) is 20.7 Å². The van der Waals surface area contributed by atoms with E-state index in [9.17, 15) is 9.59 Å². The number of hydrogen-bond donors (Lipinski definition) is 1. The quantitative estimate of drug-likeness (QED) is 0.712. The van der Waals surface area contributed by atoms with Gasteiger partial charge in [0.1, 0.15) is 24.1 Å². The molecule has 2 aromatic rings. The highest BCUT2D eigenvalue weighted by Gasteiger charge is 2.28. The second-order valence-corrected chi connectivity index (χ2v) is 8.21.